The van der Waals surface area contributed by atoms with Gasteiger partial charge in [0.1, 0.15) is 5.75 Å². The minimum atomic E-state index is -0.483. The Kier molecular flexibility index (Phi) is 6.63. The van der Waals surface area contributed by atoms with E-state index >= 15 is 0 Å². The van der Waals surface area contributed by atoms with Crippen LogP contribution in [0.4, 0.5) is 0 Å². The largest absolute Gasteiger partial charge is 0.496 e. The number of ether oxygens (including phenoxy) is 1. The lowest BCUT2D eigenvalue weighted by atomic mass is 10.1. The number of aromatic nitrogens is 2. The number of fused-ring (bicyclic) bond motifs is 1. The molecule has 3 aromatic rings. The number of carbonyl (C=O) groups excluding carboxylic acids is 2. The molecule has 1 aliphatic heterocycles. The van der Waals surface area contributed by atoms with Crippen LogP contribution in [-0.2, 0) is 23.1 Å². The molecule has 0 saturated carbocycles. The molecule has 1 fully saturated rings. The number of carbonyl (C=O) groups is 2. The van der Waals surface area contributed by atoms with Gasteiger partial charge in [-0.25, -0.2) is 4.68 Å². The second kappa shape index (κ2) is 9.46. The summed E-state index contributed by atoms with van der Waals surface area (Å²) in [5.41, 5.74) is 3.42. The van der Waals surface area contributed by atoms with Crippen molar-refractivity contribution in [1.82, 2.24) is 20.2 Å². The summed E-state index contributed by atoms with van der Waals surface area (Å²) in [6.45, 7) is 0. The minimum absolute atomic E-state index is 0.135. The molecule has 0 bridgehead atoms. The smallest absolute Gasteiger partial charge is 0.285 e. The van der Waals surface area contributed by atoms with Gasteiger partial charge < -0.3 is 4.74 Å². The molecule has 0 unspecified atom stereocenters. The number of hydrazine groups is 1. The Balaban J connectivity index is 1.55. The molecule has 0 aliphatic carbocycles. The maximum Gasteiger partial charge on any atom is 0.285 e. The van der Waals surface area contributed by atoms with Crippen LogP contribution in [0.25, 0.3) is 16.8 Å². The zero-order valence-electron chi connectivity index (χ0n) is 17.5. The maximum absolute atomic E-state index is 12.9. The van der Waals surface area contributed by atoms with Crippen molar-refractivity contribution in [2.24, 2.45) is 7.05 Å². The van der Waals surface area contributed by atoms with Crippen molar-refractivity contribution in [2.75, 3.05) is 7.11 Å². The Labute approximate surface area is 206 Å². The number of benzene rings is 2. The normalized spacial score (nSPS) is 14.9. The first kappa shape index (κ1) is 23.1. The summed E-state index contributed by atoms with van der Waals surface area (Å²) >= 11 is 9.79. The number of aryl methyl sites for hydroxylation is 1. The van der Waals surface area contributed by atoms with Crippen LogP contribution in [0, 0.1) is 0 Å². The van der Waals surface area contributed by atoms with Crippen molar-refractivity contribution < 1.29 is 14.3 Å². The number of halogens is 1. The molecule has 1 N–H and O–H groups in total. The van der Waals surface area contributed by atoms with Crippen LogP contribution in [0.1, 0.15) is 11.3 Å². The van der Waals surface area contributed by atoms with E-state index in [1.807, 2.05) is 12.1 Å². The van der Waals surface area contributed by atoms with E-state index < -0.39 is 11.8 Å². The number of rotatable bonds is 5. The predicted molar refractivity (Wildman–Crippen MR) is 135 cm³/mol. The highest BCUT2D eigenvalue weighted by Gasteiger charge is 2.34. The van der Waals surface area contributed by atoms with Crippen LogP contribution in [0.5, 0.6) is 5.75 Å². The number of nitrogens with zero attached hydrogens (tertiary/aromatic N) is 3. The zero-order valence-corrected chi connectivity index (χ0v) is 20.7. The lowest BCUT2D eigenvalue weighted by Gasteiger charge is -2.16. The van der Waals surface area contributed by atoms with E-state index in [1.54, 1.807) is 43.5 Å². The predicted octanol–water partition coefficient (Wildman–Crippen LogP) is 3.18. The van der Waals surface area contributed by atoms with Gasteiger partial charge in [0.2, 0.25) is 5.91 Å². The molecule has 1 aliphatic rings. The van der Waals surface area contributed by atoms with Crippen molar-refractivity contribution in [2.45, 2.75) is 6.42 Å². The average molecular weight is 545 g/mol. The highest BCUT2D eigenvalue weighted by atomic mass is 79.9. The molecule has 0 radical (unpaired) electrons. The third-order valence-corrected chi connectivity index (χ3v) is 6.66. The molecule has 0 spiro atoms. The van der Waals surface area contributed by atoms with Crippen LogP contribution in [0.3, 0.4) is 0 Å². The van der Waals surface area contributed by atoms with Crippen LogP contribution < -0.4 is 15.7 Å². The number of thioether (sulfide) groups is 1. The Morgan fingerprint density at radius 2 is 1.97 bits per heavy atom. The summed E-state index contributed by atoms with van der Waals surface area (Å²) in [7, 11) is 3.07. The van der Waals surface area contributed by atoms with E-state index in [4.69, 9.17) is 17.0 Å². The first-order chi connectivity index (χ1) is 15.8. The number of methoxy groups -OCH3 is 1. The van der Waals surface area contributed by atoms with Crippen molar-refractivity contribution in [3.63, 3.8) is 0 Å². The fourth-order valence-electron chi connectivity index (χ4n) is 3.35. The molecule has 33 heavy (non-hydrogen) atoms. The van der Waals surface area contributed by atoms with Gasteiger partial charge in [-0.15, -0.1) is 0 Å². The van der Waals surface area contributed by atoms with Gasteiger partial charge in [0, 0.05) is 22.5 Å². The molecule has 168 valence electrons. The van der Waals surface area contributed by atoms with E-state index in [0.29, 0.717) is 32.7 Å². The molecule has 8 nitrogen and oxygen atoms in total. The molecule has 1 aromatic heterocycles. The zero-order chi connectivity index (χ0) is 23.7. The van der Waals surface area contributed by atoms with Crippen LogP contribution in [-0.4, -0.2) is 38.0 Å². The lowest BCUT2D eigenvalue weighted by Crippen LogP contribution is -2.45. The summed E-state index contributed by atoms with van der Waals surface area (Å²) in [5, 5.41) is 6.32. The number of hydrogen-bond donors (Lipinski definition) is 1. The first-order valence-corrected chi connectivity index (χ1v) is 11.7. The molecule has 1 saturated heterocycles. The Hall–Kier alpha value is -3.02. The number of amides is 2. The van der Waals surface area contributed by atoms with Crippen molar-refractivity contribution in [1.29, 1.82) is 0 Å². The monoisotopic (exact) mass is 544 g/mol. The third-order valence-electron chi connectivity index (χ3n) is 4.87. The maximum atomic E-state index is 12.9. The van der Waals surface area contributed by atoms with Crippen LogP contribution in [0.2, 0.25) is 0 Å². The molecule has 2 heterocycles. The van der Waals surface area contributed by atoms with Gasteiger partial charge in [0.15, 0.2) is 4.32 Å². The lowest BCUT2D eigenvalue weighted by molar-refractivity contribution is -0.132. The molecule has 2 amide bonds. The Bertz CT molecular complexity index is 1400. The molecule has 4 rings (SSSR count). The first-order valence-electron chi connectivity index (χ1n) is 9.64. The van der Waals surface area contributed by atoms with Crippen molar-refractivity contribution in [3.05, 3.63) is 73.5 Å². The molecule has 0 atom stereocenters. The highest BCUT2D eigenvalue weighted by Crippen LogP contribution is 2.34. The van der Waals surface area contributed by atoms with Crippen LogP contribution >= 0.6 is 39.9 Å². The average Bonchev–Trinajstić information content (AvgIpc) is 3.05. The van der Waals surface area contributed by atoms with Crippen LogP contribution in [0.15, 0.2) is 56.6 Å². The van der Waals surface area contributed by atoms with E-state index in [1.165, 1.54) is 11.7 Å². The quantitative estimate of drug-likeness (QED) is 0.389. The second-order valence-corrected chi connectivity index (χ2v) is 9.63. The van der Waals surface area contributed by atoms with Gasteiger partial charge in [-0.3, -0.25) is 19.8 Å². The van der Waals surface area contributed by atoms with E-state index in [9.17, 15) is 14.4 Å². The number of nitrogens with one attached hydrogen (secondary N) is 1. The summed E-state index contributed by atoms with van der Waals surface area (Å²) < 4.78 is 7.57. The molecular formula is C22H17BrN4O4S2. The van der Waals surface area contributed by atoms with Crippen molar-refractivity contribution in [3.8, 4) is 5.75 Å². The fraction of sp³-hybridized carbons (Fsp3) is 0.136. The van der Waals surface area contributed by atoms with E-state index in [-0.39, 0.29) is 16.3 Å². The van der Waals surface area contributed by atoms with Gasteiger partial charge in [-0.2, -0.15) is 10.1 Å². The Morgan fingerprint density at radius 3 is 2.70 bits per heavy atom. The SMILES string of the molecule is COc1ccc(Br)cc1C=C1SC(=S)N(NC(=O)Cc2nn(C)c(=O)c3ccccc23)C1=O. The summed E-state index contributed by atoms with van der Waals surface area (Å²) in [5.74, 6) is -0.331. The van der Waals surface area contributed by atoms with Gasteiger partial charge in [-0.05, 0) is 42.6 Å². The van der Waals surface area contributed by atoms with Gasteiger partial charge in [0.05, 0.1) is 29.5 Å². The summed E-state index contributed by atoms with van der Waals surface area (Å²) in [4.78, 5) is 38.3. The number of hydrogen-bond acceptors (Lipinski definition) is 7. The molecular weight excluding hydrogens is 528 g/mol. The standard InChI is InChI=1S/C22H17BrN4O4S2/c1-26-20(29)15-6-4-3-5-14(15)16(24-26)11-19(28)25-27-21(30)18(33-22(27)32)10-12-9-13(23)7-8-17(12)31-2/h3-10H,11H2,1-2H3,(H,25,28). The molecule has 2 aromatic carbocycles. The summed E-state index contributed by atoms with van der Waals surface area (Å²) in [6.07, 6.45) is 1.53. The van der Waals surface area contributed by atoms with Gasteiger partial charge in [-0.1, -0.05) is 45.9 Å². The summed E-state index contributed by atoms with van der Waals surface area (Å²) in [6, 6.07) is 12.4. The fourth-order valence-corrected chi connectivity index (χ4v) is 4.90. The van der Waals surface area contributed by atoms with Gasteiger partial charge >= 0.3 is 0 Å². The number of thiocarbonyl (C=S) groups is 1. The third kappa shape index (κ3) is 4.70. The Morgan fingerprint density at radius 1 is 1.24 bits per heavy atom. The minimum Gasteiger partial charge on any atom is -0.496 e. The second-order valence-electron chi connectivity index (χ2n) is 7.04. The van der Waals surface area contributed by atoms with E-state index in [0.717, 1.165) is 21.2 Å². The van der Waals surface area contributed by atoms with Gasteiger partial charge in [0.25, 0.3) is 11.5 Å². The van der Waals surface area contributed by atoms with E-state index in [2.05, 4.69) is 26.5 Å². The highest BCUT2D eigenvalue weighted by molar-refractivity contribution is 9.10. The van der Waals surface area contributed by atoms with Crippen molar-refractivity contribution >= 4 is 72.9 Å². The molecule has 11 heteroatoms. The topological polar surface area (TPSA) is 93.5 Å².